The molecule has 21 heavy (non-hydrogen) atoms. The number of carboxylic acid groups (broad SMARTS) is 1. The van der Waals surface area contributed by atoms with Crippen LogP contribution in [-0.2, 0) is 4.79 Å². The molecule has 0 radical (unpaired) electrons. The maximum atomic E-state index is 9.00. The molecule has 0 aromatic carbocycles. The molecule has 8 heteroatoms. The van der Waals surface area contributed by atoms with Crippen molar-refractivity contribution >= 4 is 32.7 Å². The Balaban J connectivity index is 0.000000491. The topological polar surface area (TPSA) is 59.4 Å². The van der Waals surface area contributed by atoms with Crippen LogP contribution < -0.4 is 0 Å². The number of hydrogen-bond donors (Lipinski definition) is 1. The molecule has 6 nitrogen and oxygen atoms in total. The summed E-state index contributed by atoms with van der Waals surface area (Å²) in [5.41, 5.74) is 0.275. The fraction of sp³-hybridized carbons (Fsp3) is 0.846. The van der Waals surface area contributed by atoms with Crippen molar-refractivity contribution in [2.75, 3.05) is 34.2 Å². The van der Waals surface area contributed by atoms with E-state index in [4.69, 9.17) is 14.9 Å². The van der Waals surface area contributed by atoms with E-state index in [2.05, 4.69) is 49.7 Å². The van der Waals surface area contributed by atoms with Gasteiger partial charge in [0.05, 0.1) is 0 Å². The predicted octanol–water partition coefficient (Wildman–Crippen LogP) is 1.70. The number of likely N-dealkylation sites (N-methyl/N-ethyl adjacent to an activating group) is 1. The quantitative estimate of drug-likeness (QED) is 0.732. The molecule has 1 fully saturated rings. The maximum Gasteiger partial charge on any atom is 0.300 e. The lowest BCUT2D eigenvalue weighted by molar-refractivity contribution is -0.134. The lowest BCUT2D eigenvalue weighted by atomic mass is 10.1. The Morgan fingerprint density at radius 2 is 1.90 bits per heavy atom. The Labute approximate surface area is 135 Å². The van der Waals surface area contributed by atoms with E-state index in [1.165, 1.54) is 5.17 Å². The predicted molar refractivity (Wildman–Crippen MR) is 91.7 cm³/mol. The van der Waals surface area contributed by atoms with Gasteiger partial charge in [-0.3, -0.25) is 14.6 Å². The molecular weight excluding hydrogens is 308 g/mol. The number of carboxylic acids is 1. The third-order valence-corrected chi connectivity index (χ3v) is 5.95. The normalized spacial score (nSPS) is 30.0. The molecule has 1 N–H and O–H groups in total. The van der Waals surface area contributed by atoms with Crippen LogP contribution in [0.25, 0.3) is 0 Å². The number of hydrogen-bond acceptors (Lipinski definition) is 7. The zero-order chi connectivity index (χ0) is 16.2. The molecule has 1 saturated heterocycles. The Hall–Kier alpha value is -0.440. The zero-order valence-electron chi connectivity index (χ0n) is 13.6. The van der Waals surface area contributed by atoms with Gasteiger partial charge in [-0.1, -0.05) is 0 Å². The summed E-state index contributed by atoms with van der Waals surface area (Å²) in [6.07, 6.45) is 0. The van der Waals surface area contributed by atoms with Gasteiger partial charge in [0.25, 0.3) is 5.97 Å². The van der Waals surface area contributed by atoms with Gasteiger partial charge >= 0.3 is 0 Å². The third kappa shape index (κ3) is 5.69. The molecule has 2 aliphatic rings. The number of aliphatic carboxylic acids is 1. The molecule has 0 aromatic heterocycles. The van der Waals surface area contributed by atoms with E-state index in [0.717, 1.165) is 20.0 Å². The maximum absolute atomic E-state index is 9.00. The smallest absolute Gasteiger partial charge is 0.300 e. The Morgan fingerprint density at radius 3 is 2.38 bits per heavy atom. The van der Waals surface area contributed by atoms with Gasteiger partial charge in [0.2, 0.25) is 0 Å². The number of aliphatic imine (C=N–C) groups is 1. The first kappa shape index (κ1) is 18.6. The number of amidine groups is 1. The molecule has 2 rings (SSSR count). The Kier molecular flexibility index (Phi) is 7.32. The van der Waals surface area contributed by atoms with Crippen molar-refractivity contribution in [2.45, 2.75) is 38.4 Å². The third-order valence-electron chi connectivity index (χ3n) is 3.41. The summed E-state index contributed by atoms with van der Waals surface area (Å²) in [4.78, 5) is 20.9. The van der Waals surface area contributed by atoms with Crippen molar-refractivity contribution in [3.8, 4) is 0 Å². The van der Waals surface area contributed by atoms with Crippen LogP contribution in [0, 0.1) is 0 Å². The van der Waals surface area contributed by atoms with Gasteiger partial charge in [-0.05, 0) is 56.6 Å². The van der Waals surface area contributed by atoms with Crippen LogP contribution in [0.4, 0.5) is 0 Å². The van der Waals surface area contributed by atoms with E-state index in [9.17, 15) is 0 Å². The first-order valence-corrected chi connectivity index (χ1v) is 9.17. The molecule has 0 bridgehead atoms. The molecule has 122 valence electrons. The fourth-order valence-electron chi connectivity index (χ4n) is 2.11. The van der Waals surface area contributed by atoms with Crippen molar-refractivity contribution in [2.24, 2.45) is 4.99 Å². The molecule has 3 unspecified atom stereocenters. The van der Waals surface area contributed by atoms with Gasteiger partial charge in [-0.25, -0.2) is 4.99 Å². The number of carbonyl (C=O) groups is 1. The summed E-state index contributed by atoms with van der Waals surface area (Å²) >= 11 is 0. The SMILES string of the molecule is CC(=O)O.CC1CN(C2=NC(N(C)C)SS2)C(C)CN1C. The summed E-state index contributed by atoms with van der Waals surface area (Å²) in [6, 6.07) is 1.17. The van der Waals surface area contributed by atoms with Gasteiger partial charge in [-0.2, -0.15) is 0 Å². The van der Waals surface area contributed by atoms with Crippen LogP contribution in [0.5, 0.6) is 0 Å². The zero-order valence-corrected chi connectivity index (χ0v) is 15.2. The lowest BCUT2D eigenvalue weighted by Gasteiger charge is -2.43. The van der Waals surface area contributed by atoms with Crippen LogP contribution >= 0.6 is 21.6 Å². The molecule has 0 aliphatic carbocycles. The molecule has 0 saturated carbocycles. The number of piperazine rings is 1. The van der Waals surface area contributed by atoms with E-state index in [1.807, 2.05) is 21.6 Å². The number of rotatable bonds is 1. The van der Waals surface area contributed by atoms with E-state index >= 15 is 0 Å². The minimum absolute atomic E-state index is 0.275. The van der Waals surface area contributed by atoms with Crippen LogP contribution in [-0.4, -0.2) is 82.8 Å². The van der Waals surface area contributed by atoms with E-state index in [0.29, 0.717) is 12.1 Å². The summed E-state index contributed by atoms with van der Waals surface area (Å²) < 4.78 is 0. The first-order chi connectivity index (χ1) is 9.72. The fourth-order valence-corrected chi connectivity index (χ4v) is 4.74. The second-order valence-corrected chi connectivity index (χ2v) is 7.91. The van der Waals surface area contributed by atoms with Crippen LogP contribution in [0.2, 0.25) is 0 Å². The summed E-state index contributed by atoms with van der Waals surface area (Å²) in [6.45, 7) is 7.87. The van der Waals surface area contributed by atoms with Crippen molar-refractivity contribution in [3.05, 3.63) is 0 Å². The van der Waals surface area contributed by atoms with E-state index in [-0.39, 0.29) is 5.50 Å². The van der Waals surface area contributed by atoms with Crippen molar-refractivity contribution in [1.29, 1.82) is 0 Å². The second-order valence-electron chi connectivity index (χ2n) is 5.69. The summed E-state index contributed by atoms with van der Waals surface area (Å²) in [5.74, 6) is -0.833. The molecule has 0 amide bonds. The molecule has 2 heterocycles. The Morgan fingerprint density at radius 1 is 1.33 bits per heavy atom. The molecule has 0 spiro atoms. The monoisotopic (exact) mass is 334 g/mol. The second kappa shape index (κ2) is 8.26. The highest BCUT2D eigenvalue weighted by Crippen LogP contribution is 2.39. The average Bonchev–Trinajstić information content (AvgIpc) is 2.82. The lowest BCUT2D eigenvalue weighted by Crippen LogP contribution is -2.56. The van der Waals surface area contributed by atoms with Gasteiger partial charge in [0.15, 0.2) is 10.7 Å². The van der Waals surface area contributed by atoms with Crippen LogP contribution in [0.1, 0.15) is 20.8 Å². The highest BCUT2D eigenvalue weighted by atomic mass is 33.1. The van der Waals surface area contributed by atoms with Gasteiger partial charge in [0.1, 0.15) is 0 Å². The number of nitrogens with zero attached hydrogens (tertiary/aromatic N) is 4. The minimum atomic E-state index is -0.833. The van der Waals surface area contributed by atoms with Gasteiger partial charge < -0.3 is 10.0 Å². The van der Waals surface area contributed by atoms with Crippen molar-refractivity contribution in [1.82, 2.24) is 14.7 Å². The highest BCUT2D eigenvalue weighted by molar-refractivity contribution is 8.82. The molecule has 3 atom stereocenters. The van der Waals surface area contributed by atoms with E-state index in [1.54, 1.807) is 0 Å². The first-order valence-electron chi connectivity index (χ1n) is 6.96. The Bertz CT molecular complexity index is 388. The standard InChI is InChI=1S/C11H22N4S2.C2H4O2/c1-8-7-15(9(2)6-14(8)5)11-12-10(13(3)4)16-17-11;1-2(3)4/h8-10H,6-7H2,1-5H3;1H3,(H,3,4). The molecule has 0 aromatic rings. The summed E-state index contributed by atoms with van der Waals surface area (Å²) in [5, 5.41) is 8.63. The average molecular weight is 335 g/mol. The minimum Gasteiger partial charge on any atom is -0.481 e. The summed E-state index contributed by atoms with van der Waals surface area (Å²) in [7, 11) is 10.0. The largest absolute Gasteiger partial charge is 0.481 e. The van der Waals surface area contributed by atoms with Crippen molar-refractivity contribution in [3.63, 3.8) is 0 Å². The highest BCUT2D eigenvalue weighted by Gasteiger charge is 2.32. The van der Waals surface area contributed by atoms with Crippen molar-refractivity contribution < 1.29 is 9.90 Å². The van der Waals surface area contributed by atoms with Gasteiger partial charge in [0, 0.05) is 32.1 Å². The van der Waals surface area contributed by atoms with Crippen LogP contribution in [0.15, 0.2) is 4.99 Å². The van der Waals surface area contributed by atoms with E-state index < -0.39 is 5.97 Å². The van der Waals surface area contributed by atoms with Gasteiger partial charge in [-0.15, -0.1) is 0 Å². The molecule has 2 aliphatic heterocycles. The van der Waals surface area contributed by atoms with Crippen LogP contribution in [0.3, 0.4) is 0 Å². The molecular formula is C13H26N4O2S2.